The highest BCUT2D eigenvalue weighted by Gasteiger charge is 2.42. The molecule has 19 heavy (non-hydrogen) atoms. The summed E-state index contributed by atoms with van der Waals surface area (Å²) < 4.78 is 53.4. The zero-order valence-electron chi connectivity index (χ0n) is 9.57. The number of alkyl halides is 4. The molecule has 0 bridgehead atoms. The van der Waals surface area contributed by atoms with Crippen molar-refractivity contribution in [1.82, 2.24) is 4.98 Å². The van der Waals surface area contributed by atoms with Crippen LogP contribution in [-0.2, 0) is 0 Å². The van der Waals surface area contributed by atoms with Gasteiger partial charge in [0, 0.05) is 7.05 Å². The molecule has 0 atom stereocenters. The summed E-state index contributed by atoms with van der Waals surface area (Å²) >= 11 is 0. The number of nitro groups is 1. The Morgan fingerprint density at radius 1 is 1.53 bits per heavy atom. The van der Waals surface area contributed by atoms with Crippen LogP contribution in [0.5, 0.6) is 5.88 Å². The summed E-state index contributed by atoms with van der Waals surface area (Å²) in [5.41, 5.74) is -0.463. The summed E-state index contributed by atoms with van der Waals surface area (Å²) in [5.74, 6) is -4.91. The van der Waals surface area contributed by atoms with Crippen molar-refractivity contribution < 1.29 is 27.2 Å². The van der Waals surface area contributed by atoms with Crippen molar-refractivity contribution >= 4 is 11.5 Å². The quantitative estimate of drug-likeness (QED) is 0.492. The van der Waals surface area contributed by atoms with Gasteiger partial charge in [0.25, 0.3) is 5.69 Å². The van der Waals surface area contributed by atoms with Gasteiger partial charge in [0.05, 0.1) is 17.1 Å². The molecule has 0 aliphatic carbocycles. The average Bonchev–Trinajstić information content (AvgIpc) is 2.35. The molecule has 0 saturated heterocycles. The summed E-state index contributed by atoms with van der Waals surface area (Å²) in [6.45, 7) is -1.62. The van der Waals surface area contributed by atoms with Crippen molar-refractivity contribution in [3.8, 4) is 5.88 Å². The highest BCUT2D eigenvalue weighted by Crippen LogP contribution is 2.26. The third-order valence-electron chi connectivity index (χ3n) is 1.99. The average molecular weight is 283 g/mol. The van der Waals surface area contributed by atoms with E-state index in [9.17, 15) is 27.7 Å². The number of aromatic nitrogens is 1. The van der Waals surface area contributed by atoms with Crippen molar-refractivity contribution in [2.24, 2.45) is 0 Å². The molecule has 0 radical (unpaired) electrons. The van der Waals surface area contributed by atoms with Crippen LogP contribution in [0, 0.1) is 10.1 Å². The number of hydrogen-bond donors (Lipinski definition) is 1. The molecule has 1 N–H and O–H groups in total. The molecule has 0 aliphatic heterocycles. The minimum Gasteiger partial charge on any atom is -0.471 e. The molecule has 1 aromatic rings. The molecule has 6 nitrogen and oxygen atoms in total. The predicted molar refractivity (Wildman–Crippen MR) is 56.9 cm³/mol. The zero-order chi connectivity index (χ0) is 14.6. The van der Waals surface area contributed by atoms with Crippen LogP contribution in [0.15, 0.2) is 12.1 Å². The Labute approximate surface area is 104 Å². The number of halogens is 4. The molecule has 1 heterocycles. The molecule has 0 aliphatic rings. The van der Waals surface area contributed by atoms with Crippen LogP contribution in [0.4, 0.5) is 29.1 Å². The second-order valence-electron chi connectivity index (χ2n) is 3.41. The van der Waals surface area contributed by atoms with E-state index in [0.29, 0.717) is 0 Å². The van der Waals surface area contributed by atoms with Gasteiger partial charge in [0.2, 0.25) is 5.88 Å². The van der Waals surface area contributed by atoms with Crippen LogP contribution >= 0.6 is 0 Å². The number of hydrogen-bond acceptors (Lipinski definition) is 5. The van der Waals surface area contributed by atoms with Gasteiger partial charge in [-0.3, -0.25) is 10.1 Å². The first-order valence-electron chi connectivity index (χ1n) is 4.89. The van der Waals surface area contributed by atoms with Gasteiger partial charge < -0.3 is 10.1 Å². The second kappa shape index (κ2) is 5.67. The minimum absolute atomic E-state index is 0.00966. The molecule has 0 fully saturated rings. The predicted octanol–water partition coefficient (Wildman–Crippen LogP) is 2.31. The van der Waals surface area contributed by atoms with Crippen molar-refractivity contribution in [1.29, 1.82) is 0 Å². The van der Waals surface area contributed by atoms with Crippen LogP contribution in [0.2, 0.25) is 0 Å². The number of pyridine rings is 1. The molecule has 10 heteroatoms. The van der Waals surface area contributed by atoms with Crippen LogP contribution < -0.4 is 10.1 Å². The molecule has 0 aromatic carbocycles. The normalized spacial score (nSPS) is 11.5. The van der Waals surface area contributed by atoms with E-state index < -0.39 is 35.4 Å². The Kier molecular flexibility index (Phi) is 4.46. The molecule has 0 unspecified atom stereocenters. The molecular weight excluding hydrogens is 274 g/mol. The van der Waals surface area contributed by atoms with Crippen LogP contribution in [-0.4, -0.2) is 35.9 Å². The topological polar surface area (TPSA) is 77.3 Å². The first kappa shape index (κ1) is 14.9. The fraction of sp³-hybridized carbons (Fsp3) is 0.444. The van der Waals surface area contributed by atoms with E-state index >= 15 is 0 Å². The monoisotopic (exact) mass is 283 g/mol. The van der Waals surface area contributed by atoms with Crippen molar-refractivity contribution in [3.63, 3.8) is 0 Å². The maximum atomic E-state index is 12.6. The summed E-state index contributed by atoms with van der Waals surface area (Å²) in [5, 5.41) is 13.0. The van der Waals surface area contributed by atoms with Gasteiger partial charge in [0.15, 0.2) is 6.61 Å². The van der Waals surface area contributed by atoms with Crippen molar-refractivity contribution in [3.05, 3.63) is 22.2 Å². The fourth-order valence-corrected chi connectivity index (χ4v) is 1.03. The van der Waals surface area contributed by atoms with Gasteiger partial charge in [-0.15, -0.1) is 0 Å². The Morgan fingerprint density at radius 2 is 2.16 bits per heavy atom. The van der Waals surface area contributed by atoms with Crippen molar-refractivity contribution in [2.75, 3.05) is 19.0 Å². The standard InChI is InChI=1S/C9H9F4N3O3/c1-14-6-2-5(16(17)18)3-7(15-6)19-4-9(12,13)8(10)11/h2-3,8H,4H2,1H3,(H,14,15). The Balaban J connectivity index is 2.89. The first-order chi connectivity index (χ1) is 8.76. The van der Waals surface area contributed by atoms with E-state index in [-0.39, 0.29) is 5.82 Å². The third kappa shape index (κ3) is 3.93. The van der Waals surface area contributed by atoms with E-state index in [1.165, 1.54) is 7.05 Å². The maximum absolute atomic E-state index is 12.6. The summed E-state index contributed by atoms with van der Waals surface area (Å²) in [6, 6.07) is 1.81. The molecule has 0 saturated carbocycles. The van der Waals surface area contributed by atoms with Crippen LogP contribution in [0.25, 0.3) is 0 Å². The van der Waals surface area contributed by atoms with E-state index in [1.807, 2.05) is 0 Å². The minimum atomic E-state index is -4.36. The fourth-order valence-electron chi connectivity index (χ4n) is 1.03. The van der Waals surface area contributed by atoms with E-state index in [1.54, 1.807) is 0 Å². The Morgan fingerprint density at radius 3 is 2.63 bits per heavy atom. The van der Waals surface area contributed by atoms with Gasteiger partial charge in [-0.1, -0.05) is 0 Å². The molecule has 1 rings (SSSR count). The lowest BCUT2D eigenvalue weighted by Gasteiger charge is -2.15. The number of nitrogens with zero attached hydrogens (tertiary/aromatic N) is 2. The van der Waals surface area contributed by atoms with E-state index in [4.69, 9.17) is 0 Å². The SMILES string of the molecule is CNc1cc([N+](=O)[O-])cc(OCC(F)(F)C(F)F)n1. The highest BCUT2D eigenvalue weighted by molar-refractivity contribution is 5.47. The van der Waals surface area contributed by atoms with E-state index in [0.717, 1.165) is 12.1 Å². The number of anilines is 1. The molecule has 0 amide bonds. The Bertz CT molecular complexity index is 470. The van der Waals surface area contributed by atoms with Gasteiger partial charge in [-0.05, 0) is 0 Å². The smallest absolute Gasteiger partial charge is 0.340 e. The summed E-state index contributed by atoms with van der Waals surface area (Å²) in [7, 11) is 1.39. The maximum Gasteiger partial charge on any atom is 0.340 e. The van der Waals surface area contributed by atoms with Gasteiger partial charge in [-0.2, -0.15) is 13.8 Å². The van der Waals surface area contributed by atoms with Gasteiger partial charge in [0.1, 0.15) is 5.82 Å². The number of rotatable bonds is 6. The van der Waals surface area contributed by atoms with Crippen LogP contribution in [0.1, 0.15) is 0 Å². The lowest BCUT2D eigenvalue weighted by molar-refractivity contribution is -0.384. The Hall–Kier alpha value is -2.13. The van der Waals surface area contributed by atoms with Crippen LogP contribution in [0.3, 0.4) is 0 Å². The zero-order valence-corrected chi connectivity index (χ0v) is 9.57. The van der Waals surface area contributed by atoms with Crippen molar-refractivity contribution in [2.45, 2.75) is 12.3 Å². The van der Waals surface area contributed by atoms with Gasteiger partial charge in [-0.25, -0.2) is 8.78 Å². The number of ether oxygens (including phenoxy) is 1. The lowest BCUT2D eigenvalue weighted by atomic mass is 10.3. The third-order valence-corrected chi connectivity index (χ3v) is 1.99. The second-order valence-corrected chi connectivity index (χ2v) is 3.41. The number of nitrogens with one attached hydrogen (secondary N) is 1. The largest absolute Gasteiger partial charge is 0.471 e. The molecule has 0 spiro atoms. The summed E-state index contributed by atoms with van der Waals surface area (Å²) in [4.78, 5) is 13.3. The molecule has 106 valence electrons. The lowest BCUT2D eigenvalue weighted by Crippen LogP contribution is -2.33. The highest BCUT2D eigenvalue weighted by atomic mass is 19.3. The van der Waals surface area contributed by atoms with E-state index in [2.05, 4.69) is 15.0 Å². The van der Waals surface area contributed by atoms with Gasteiger partial charge >= 0.3 is 12.3 Å². The molecular formula is C9H9F4N3O3. The molecule has 1 aromatic heterocycles. The summed E-state index contributed by atoms with van der Waals surface area (Å²) in [6.07, 6.45) is -3.89. The first-order valence-corrected chi connectivity index (χ1v) is 4.89.